The number of likely N-dealkylation sites (tertiary alicyclic amines) is 1. The zero-order valence-corrected chi connectivity index (χ0v) is 8.67. The fourth-order valence-corrected chi connectivity index (χ4v) is 2.83. The van der Waals surface area contributed by atoms with Crippen LogP contribution in [0.2, 0.25) is 0 Å². The van der Waals surface area contributed by atoms with Gasteiger partial charge in [0.2, 0.25) is 0 Å². The lowest BCUT2D eigenvalue weighted by atomic mass is 9.89. The van der Waals surface area contributed by atoms with Gasteiger partial charge in [-0.15, -0.1) is 0 Å². The highest BCUT2D eigenvalue weighted by molar-refractivity contribution is 5.06. The molecule has 2 aliphatic heterocycles. The third-order valence-corrected chi connectivity index (χ3v) is 4.02. The molecular weight excluding hydrogens is 178 g/mol. The van der Waals surface area contributed by atoms with Gasteiger partial charge in [0.25, 0.3) is 0 Å². The molecule has 14 heavy (non-hydrogen) atoms. The molecule has 0 amide bonds. The molecule has 0 aromatic carbocycles. The Labute approximate surface area is 85.0 Å². The summed E-state index contributed by atoms with van der Waals surface area (Å²) in [6.45, 7) is 4.80. The van der Waals surface area contributed by atoms with Gasteiger partial charge in [-0.1, -0.05) is 0 Å². The van der Waals surface area contributed by atoms with Gasteiger partial charge in [0, 0.05) is 45.7 Å². The maximum Gasteiger partial charge on any atom is 0.0817 e. The molecule has 1 saturated carbocycles. The Morgan fingerprint density at radius 3 is 2.29 bits per heavy atom. The van der Waals surface area contributed by atoms with Gasteiger partial charge in [-0.2, -0.15) is 0 Å². The molecule has 0 unspecified atom stereocenters. The van der Waals surface area contributed by atoms with E-state index in [4.69, 9.17) is 4.74 Å². The van der Waals surface area contributed by atoms with Crippen LogP contribution in [0.5, 0.6) is 0 Å². The van der Waals surface area contributed by atoms with Gasteiger partial charge in [0.1, 0.15) is 0 Å². The second-order valence-electron chi connectivity index (χ2n) is 5.48. The summed E-state index contributed by atoms with van der Waals surface area (Å²) in [5.74, 6) is 0. The van der Waals surface area contributed by atoms with E-state index in [9.17, 15) is 5.11 Å². The monoisotopic (exact) mass is 197 g/mol. The quantitative estimate of drug-likeness (QED) is 0.704. The van der Waals surface area contributed by atoms with Crippen molar-refractivity contribution < 1.29 is 9.84 Å². The van der Waals surface area contributed by atoms with Crippen LogP contribution in [0.3, 0.4) is 0 Å². The Hall–Kier alpha value is -0.120. The van der Waals surface area contributed by atoms with Crippen LogP contribution in [0.15, 0.2) is 0 Å². The van der Waals surface area contributed by atoms with Crippen LogP contribution in [0.4, 0.5) is 0 Å². The first-order valence-electron chi connectivity index (χ1n) is 5.72. The van der Waals surface area contributed by atoms with Gasteiger partial charge in [0.05, 0.1) is 5.60 Å². The first-order chi connectivity index (χ1) is 6.70. The summed E-state index contributed by atoms with van der Waals surface area (Å²) in [4.78, 5) is 2.42. The lowest BCUT2D eigenvalue weighted by Crippen LogP contribution is -2.56. The number of aliphatic hydroxyl groups is 1. The van der Waals surface area contributed by atoms with Crippen LogP contribution < -0.4 is 0 Å². The summed E-state index contributed by atoms with van der Waals surface area (Å²) in [7, 11) is 0. The minimum absolute atomic E-state index is 0.450. The first-order valence-corrected chi connectivity index (χ1v) is 5.72. The zero-order chi connectivity index (χ0) is 9.65. The third kappa shape index (κ3) is 1.58. The van der Waals surface area contributed by atoms with Gasteiger partial charge in [-0.3, -0.25) is 4.90 Å². The number of hydrogen-bond donors (Lipinski definition) is 1. The maximum atomic E-state index is 10.3. The molecule has 1 aliphatic carbocycles. The average molecular weight is 197 g/mol. The SMILES string of the molecule is OC1(CN2CC3(CC3)C2)CCOCC1. The van der Waals surface area contributed by atoms with Crippen molar-refractivity contribution in [3.05, 3.63) is 0 Å². The van der Waals surface area contributed by atoms with Crippen molar-refractivity contribution in [3.8, 4) is 0 Å². The molecule has 2 heterocycles. The normalized spacial score (nSPS) is 34.1. The molecule has 0 atom stereocenters. The Kier molecular flexibility index (Phi) is 1.92. The van der Waals surface area contributed by atoms with E-state index in [0.717, 1.165) is 32.6 Å². The van der Waals surface area contributed by atoms with E-state index in [2.05, 4.69) is 4.90 Å². The highest BCUT2D eigenvalue weighted by Crippen LogP contribution is 2.53. The smallest absolute Gasteiger partial charge is 0.0817 e. The molecule has 3 heteroatoms. The summed E-state index contributed by atoms with van der Waals surface area (Å²) in [5.41, 5.74) is 0.260. The molecular formula is C11H19NO2. The number of nitrogens with zero attached hydrogens (tertiary/aromatic N) is 1. The van der Waals surface area contributed by atoms with Crippen molar-refractivity contribution >= 4 is 0 Å². The summed E-state index contributed by atoms with van der Waals surface area (Å²) in [6.07, 6.45) is 4.48. The molecule has 2 saturated heterocycles. The number of β-amino-alcohol motifs (C(OH)–C–C–N with tert-alkyl or cyclic N) is 1. The molecule has 3 fully saturated rings. The molecule has 1 N–H and O–H groups in total. The molecule has 3 nitrogen and oxygen atoms in total. The van der Waals surface area contributed by atoms with Crippen LogP contribution in [-0.4, -0.2) is 48.5 Å². The zero-order valence-electron chi connectivity index (χ0n) is 8.67. The van der Waals surface area contributed by atoms with Crippen molar-refractivity contribution in [1.82, 2.24) is 4.90 Å². The van der Waals surface area contributed by atoms with Gasteiger partial charge < -0.3 is 9.84 Å². The van der Waals surface area contributed by atoms with E-state index in [0.29, 0.717) is 5.41 Å². The Bertz CT molecular complexity index is 223. The molecule has 3 rings (SSSR count). The topological polar surface area (TPSA) is 32.7 Å². The van der Waals surface area contributed by atoms with Crippen molar-refractivity contribution in [1.29, 1.82) is 0 Å². The Morgan fingerprint density at radius 1 is 1.07 bits per heavy atom. The van der Waals surface area contributed by atoms with Gasteiger partial charge in [0.15, 0.2) is 0 Å². The van der Waals surface area contributed by atoms with Crippen LogP contribution in [0.25, 0.3) is 0 Å². The highest BCUT2D eigenvalue weighted by Gasteiger charge is 2.53. The Balaban J connectivity index is 1.51. The van der Waals surface area contributed by atoms with Crippen LogP contribution in [-0.2, 0) is 4.74 Å². The second-order valence-corrected chi connectivity index (χ2v) is 5.48. The van der Waals surface area contributed by atoms with E-state index >= 15 is 0 Å². The van der Waals surface area contributed by atoms with Gasteiger partial charge in [-0.25, -0.2) is 0 Å². The van der Waals surface area contributed by atoms with Crippen molar-refractivity contribution in [2.24, 2.45) is 5.41 Å². The predicted octanol–water partition coefficient (Wildman–Crippen LogP) is 0.624. The Morgan fingerprint density at radius 2 is 1.71 bits per heavy atom. The summed E-state index contributed by atoms with van der Waals surface area (Å²) in [5, 5.41) is 10.3. The summed E-state index contributed by atoms with van der Waals surface area (Å²) < 4.78 is 5.27. The lowest BCUT2D eigenvalue weighted by molar-refractivity contribution is -0.0971. The molecule has 0 aromatic rings. The predicted molar refractivity (Wildman–Crippen MR) is 53.1 cm³/mol. The van der Waals surface area contributed by atoms with Crippen LogP contribution >= 0.6 is 0 Å². The van der Waals surface area contributed by atoms with Gasteiger partial charge in [-0.05, 0) is 18.3 Å². The fraction of sp³-hybridized carbons (Fsp3) is 1.00. The molecule has 80 valence electrons. The molecule has 0 aromatic heterocycles. The highest BCUT2D eigenvalue weighted by atomic mass is 16.5. The number of rotatable bonds is 2. The molecule has 0 bridgehead atoms. The molecule has 1 spiro atoms. The first kappa shape index (κ1) is 9.13. The lowest BCUT2D eigenvalue weighted by Gasteiger charge is -2.45. The van der Waals surface area contributed by atoms with E-state index in [1.54, 1.807) is 0 Å². The van der Waals surface area contributed by atoms with Crippen molar-refractivity contribution in [2.75, 3.05) is 32.8 Å². The average Bonchev–Trinajstić information content (AvgIpc) is 2.84. The summed E-state index contributed by atoms with van der Waals surface area (Å²) in [6, 6.07) is 0. The van der Waals surface area contributed by atoms with Crippen LogP contribution in [0.1, 0.15) is 25.7 Å². The second kappa shape index (κ2) is 2.94. The fourth-order valence-electron chi connectivity index (χ4n) is 2.83. The third-order valence-electron chi connectivity index (χ3n) is 4.02. The van der Waals surface area contributed by atoms with E-state index < -0.39 is 5.60 Å². The molecule has 0 radical (unpaired) electrons. The summed E-state index contributed by atoms with van der Waals surface area (Å²) >= 11 is 0. The van der Waals surface area contributed by atoms with E-state index in [1.165, 1.54) is 25.9 Å². The van der Waals surface area contributed by atoms with Gasteiger partial charge >= 0.3 is 0 Å². The maximum absolute atomic E-state index is 10.3. The molecule has 3 aliphatic rings. The number of hydrogen-bond acceptors (Lipinski definition) is 3. The van der Waals surface area contributed by atoms with Crippen LogP contribution in [0, 0.1) is 5.41 Å². The standard InChI is InChI=1S/C11H19NO2/c13-11(3-5-14-6-4-11)9-12-7-10(8-12)1-2-10/h13H,1-9H2. The number of ether oxygens (including phenoxy) is 1. The van der Waals surface area contributed by atoms with Crippen molar-refractivity contribution in [2.45, 2.75) is 31.3 Å². The minimum Gasteiger partial charge on any atom is -0.388 e. The van der Waals surface area contributed by atoms with E-state index in [1.807, 2.05) is 0 Å². The van der Waals surface area contributed by atoms with Crippen molar-refractivity contribution in [3.63, 3.8) is 0 Å². The minimum atomic E-state index is -0.450. The van der Waals surface area contributed by atoms with E-state index in [-0.39, 0.29) is 0 Å². The largest absolute Gasteiger partial charge is 0.388 e.